The van der Waals surface area contributed by atoms with Crippen molar-refractivity contribution in [1.29, 1.82) is 5.26 Å². The summed E-state index contributed by atoms with van der Waals surface area (Å²) in [6.45, 7) is 0. The van der Waals surface area contributed by atoms with Gasteiger partial charge in [-0.25, -0.2) is 9.48 Å². The lowest BCUT2D eigenvalue weighted by Gasteiger charge is -2.04. The summed E-state index contributed by atoms with van der Waals surface area (Å²) in [5, 5.41) is 21.8. The second-order valence-electron chi connectivity index (χ2n) is 3.43. The highest BCUT2D eigenvalue weighted by Crippen LogP contribution is 2.23. The van der Waals surface area contributed by atoms with E-state index in [1.54, 1.807) is 18.2 Å². The molecule has 3 N–H and O–H groups in total. The van der Waals surface area contributed by atoms with Crippen molar-refractivity contribution in [2.24, 2.45) is 0 Å². The van der Waals surface area contributed by atoms with E-state index in [-0.39, 0.29) is 11.4 Å². The van der Waals surface area contributed by atoms with E-state index in [1.165, 1.54) is 10.9 Å². The molecule has 0 saturated carbocycles. The third kappa shape index (κ3) is 1.94. The lowest BCUT2D eigenvalue weighted by atomic mass is 10.2. The summed E-state index contributed by atoms with van der Waals surface area (Å²) >= 11 is 3.25. The maximum absolute atomic E-state index is 10.9. The number of nitriles is 1. The summed E-state index contributed by atoms with van der Waals surface area (Å²) in [4.78, 5) is 10.9. The van der Waals surface area contributed by atoms with E-state index in [0.717, 1.165) is 0 Å². The monoisotopic (exact) mass is 306 g/mol. The van der Waals surface area contributed by atoms with Gasteiger partial charge in [0.1, 0.15) is 6.07 Å². The normalized spacial score (nSPS) is 10.0. The number of halogens is 1. The largest absolute Gasteiger partial charge is 0.476 e. The average Bonchev–Trinajstić information content (AvgIpc) is 2.71. The number of aromatic nitrogens is 2. The summed E-state index contributed by atoms with van der Waals surface area (Å²) in [6.07, 6.45) is 1.37. The first-order chi connectivity index (χ1) is 8.54. The van der Waals surface area contributed by atoms with Crippen molar-refractivity contribution < 1.29 is 9.90 Å². The summed E-state index contributed by atoms with van der Waals surface area (Å²) in [6, 6.07) is 7.11. The van der Waals surface area contributed by atoms with Crippen LogP contribution in [-0.2, 0) is 0 Å². The number of carboxylic acids is 1. The molecule has 7 heteroatoms. The quantitative estimate of drug-likeness (QED) is 0.880. The zero-order valence-electron chi connectivity index (χ0n) is 8.96. The van der Waals surface area contributed by atoms with Gasteiger partial charge in [-0.1, -0.05) is 6.07 Å². The third-order valence-electron chi connectivity index (χ3n) is 2.30. The van der Waals surface area contributed by atoms with Crippen molar-refractivity contribution in [3.8, 4) is 11.8 Å². The highest BCUT2D eigenvalue weighted by atomic mass is 79.9. The van der Waals surface area contributed by atoms with E-state index in [4.69, 9.17) is 16.1 Å². The van der Waals surface area contributed by atoms with Gasteiger partial charge >= 0.3 is 5.97 Å². The predicted molar refractivity (Wildman–Crippen MR) is 67.4 cm³/mol. The van der Waals surface area contributed by atoms with Crippen LogP contribution in [0.1, 0.15) is 16.1 Å². The summed E-state index contributed by atoms with van der Waals surface area (Å²) in [7, 11) is 0. The number of nitrogen functional groups attached to an aromatic ring is 1. The fraction of sp³-hybridized carbons (Fsp3) is 0. The molecular weight excluding hydrogens is 300 g/mol. The predicted octanol–water partition coefficient (Wildman–Crippen LogP) is 1.79. The van der Waals surface area contributed by atoms with Crippen molar-refractivity contribution >= 4 is 27.6 Å². The number of nitrogens with zero attached hydrogens (tertiary/aromatic N) is 3. The molecule has 1 aromatic heterocycles. The molecule has 0 unspecified atom stereocenters. The first-order valence-corrected chi connectivity index (χ1v) is 5.61. The molecule has 2 aromatic rings. The molecule has 1 heterocycles. The molecule has 0 saturated heterocycles. The summed E-state index contributed by atoms with van der Waals surface area (Å²) in [5.74, 6) is -1.21. The van der Waals surface area contributed by atoms with Crippen LogP contribution in [0.2, 0.25) is 0 Å². The zero-order valence-corrected chi connectivity index (χ0v) is 10.5. The van der Waals surface area contributed by atoms with Gasteiger partial charge in [-0.05, 0) is 28.1 Å². The van der Waals surface area contributed by atoms with E-state index < -0.39 is 5.97 Å². The van der Waals surface area contributed by atoms with Crippen molar-refractivity contribution in [2.45, 2.75) is 0 Å². The van der Waals surface area contributed by atoms with E-state index in [0.29, 0.717) is 15.7 Å². The Morgan fingerprint density at radius 3 is 2.83 bits per heavy atom. The fourth-order valence-electron chi connectivity index (χ4n) is 1.49. The van der Waals surface area contributed by atoms with Crippen molar-refractivity contribution in [2.75, 3.05) is 5.73 Å². The third-order valence-corrected chi connectivity index (χ3v) is 2.96. The number of carboxylic acid groups (broad SMARTS) is 1. The number of hydrogen-bond donors (Lipinski definition) is 2. The van der Waals surface area contributed by atoms with Gasteiger partial charge in [0, 0.05) is 4.47 Å². The van der Waals surface area contributed by atoms with Crippen LogP contribution in [0.25, 0.3) is 5.69 Å². The number of benzene rings is 1. The zero-order chi connectivity index (χ0) is 13.3. The Bertz CT molecular complexity index is 672. The van der Waals surface area contributed by atoms with Crippen molar-refractivity contribution in [3.05, 3.63) is 40.1 Å². The Morgan fingerprint density at radius 1 is 1.56 bits per heavy atom. The molecule has 0 radical (unpaired) electrons. The molecule has 0 fully saturated rings. The smallest absolute Gasteiger partial charge is 0.358 e. The number of hydrogen-bond acceptors (Lipinski definition) is 4. The van der Waals surface area contributed by atoms with Gasteiger partial charge < -0.3 is 10.8 Å². The van der Waals surface area contributed by atoms with Crippen LogP contribution in [0, 0.1) is 11.3 Å². The van der Waals surface area contributed by atoms with Crippen LogP contribution in [0.5, 0.6) is 0 Å². The highest BCUT2D eigenvalue weighted by molar-refractivity contribution is 9.10. The average molecular weight is 307 g/mol. The molecule has 0 bridgehead atoms. The Balaban J connectivity index is 2.64. The Labute approximate surface area is 110 Å². The van der Waals surface area contributed by atoms with E-state index >= 15 is 0 Å². The Kier molecular flexibility index (Phi) is 3.04. The Hall–Kier alpha value is -2.33. The molecule has 0 aliphatic heterocycles. The molecule has 0 atom stereocenters. The molecule has 0 aliphatic rings. The number of aromatic carboxylic acids is 1. The molecule has 6 nitrogen and oxygen atoms in total. The Morgan fingerprint density at radius 2 is 2.28 bits per heavy atom. The number of rotatable bonds is 2. The van der Waals surface area contributed by atoms with Crippen molar-refractivity contribution in [3.63, 3.8) is 0 Å². The molecular formula is C11H7BrN4O2. The fourth-order valence-corrected chi connectivity index (χ4v) is 1.94. The maximum atomic E-state index is 10.9. The number of anilines is 1. The van der Waals surface area contributed by atoms with E-state index in [1.807, 2.05) is 6.07 Å². The van der Waals surface area contributed by atoms with Crippen LogP contribution < -0.4 is 5.73 Å². The van der Waals surface area contributed by atoms with Gasteiger partial charge in [0.05, 0.1) is 23.1 Å². The summed E-state index contributed by atoms with van der Waals surface area (Å²) in [5.41, 5.74) is 6.18. The van der Waals surface area contributed by atoms with Gasteiger partial charge in [-0.2, -0.15) is 10.4 Å². The first kappa shape index (κ1) is 12.1. The van der Waals surface area contributed by atoms with E-state index in [9.17, 15) is 4.79 Å². The number of nitrogens with two attached hydrogens (primary N) is 1. The SMILES string of the molecule is N#Cc1c(Br)cccc1-n1cc(N)c(C(=O)O)n1. The van der Waals surface area contributed by atoms with Crippen molar-refractivity contribution in [1.82, 2.24) is 9.78 Å². The minimum absolute atomic E-state index is 0.0476. The van der Waals surface area contributed by atoms with Crippen LogP contribution in [0.3, 0.4) is 0 Å². The minimum Gasteiger partial charge on any atom is -0.476 e. The molecule has 0 spiro atoms. The van der Waals surface area contributed by atoms with Gasteiger partial charge in [0.2, 0.25) is 0 Å². The lowest BCUT2D eigenvalue weighted by Crippen LogP contribution is -2.03. The summed E-state index contributed by atoms with van der Waals surface area (Å²) < 4.78 is 1.88. The van der Waals surface area contributed by atoms with Crippen LogP contribution in [0.4, 0.5) is 5.69 Å². The number of carbonyl (C=O) groups is 1. The molecule has 2 rings (SSSR count). The van der Waals surface area contributed by atoms with Crippen LogP contribution >= 0.6 is 15.9 Å². The van der Waals surface area contributed by atoms with Gasteiger partial charge in [-0.3, -0.25) is 0 Å². The minimum atomic E-state index is -1.21. The van der Waals surface area contributed by atoms with E-state index in [2.05, 4.69) is 21.0 Å². The molecule has 1 aromatic carbocycles. The van der Waals surface area contributed by atoms with Crippen LogP contribution in [-0.4, -0.2) is 20.9 Å². The van der Waals surface area contributed by atoms with Gasteiger partial charge in [-0.15, -0.1) is 0 Å². The topological polar surface area (TPSA) is 105 Å². The maximum Gasteiger partial charge on any atom is 0.358 e. The highest BCUT2D eigenvalue weighted by Gasteiger charge is 2.16. The molecule has 90 valence electrons. The molecule has 0 amide bonds. The standard InChI is InChI=1S/C11H7BrN4O2/c12-7-2-1-3-9(6(7)4-13)16-5-8(14)10(15-16)11(17)18/h1-3,5H,14H2,(H,17,18). The van der Waals surface area contributed by atoms with Gasteiger partial charge in [0.25, 0.3) is 0 Å². The second kappa shape index (κ2) is 4.50. The van der Waals surface area contributed by atoms with Gasteiger partial charge in [0.15, 0.2) is 5.69 Å². The molecule has 0 aliphatic carbocycles. The first-order valence-electron chi connectivity index (χ1n) is 4.82. The second-order valence-corrected chi connectivity index (χ2v) is 4.28. The lowest BCUT2D eigenvalue weighted by molar-refractivity contribution is 0.0691. The molecule has 18 heavy (non-hydrogen) atoms. The van der Waals surface area contributed by atoms with Crippen LogP contribution in [0.15, 0.2) is 28.9 Å².